The van der Waals surface area contributed by atoms with Crippen molar-refractivity contribution in [1.82, 2.24) is 0 Å². The Morgan fingerprint density at radius 1 is 0.469 bits per heavy atom. The number of hydrogen-bond acceptors (Lipinski definition) is 0. The van der Waals surface area contributed by atoms with Crippen LogP contribution in [0.1, 0.15) is 108 Å². The zero-order valence-corrected chi connectivity index (χ0v) is 20.7. The van der Waals surface area contributed by atoms with E-state index in [1.165, 1.54) is 33.4 Å². The Morgan fingerprint density at radius 3 is 1.38 bits per heavy atom. The minimum absolute atomic E-state index is 0. The fraction of sp³-hybridized carbons (Fsp3) is 0.438. The van der Waals surface area contributed by atoms with E-state index in [2.05, 4.69) is 135 Å². The van der Waals surface area contributed by atoms with Gasteiger partial charge in [0.2, 0.25) is 0 Å². The third-order valence-corrected chi connectivity index (χ3v) is 5.26. The van der Waals surface area contributed by atoms with Gasteiger partial charge in [-0.15, -0.1) is 0 Å². The van der Waals surface area contributed by atoms with E-state index in [9.17, 15) is 0 Å². The van der Waals surface area contributed by atoms with Crippen molar-refractivity contribution in [2.75, 3.05) is 0 Å². The van der Waals surface area contributed by atoms with Crippen LogP contribution in [-0.4, -0.2) is 0 Å². The molecule has 0 aromatic heterocycles. The summed E-state index contributed by atoms with van der Waals surface area (Å²) >= 11 is 0. The van der Waals surface area contributed by atoms with E-state index in [-0.39, 0.29) is 14.9 Å². The predicted molar refractivity (Wildman–Crippen MR) is 149 cm³/mol. The monoisotopic (exact) mass is 434 g/mol. The van der Waals surface area contributed by atoms with Crippen molar-refractivity contribution in [2.24, 2.45) is 0 Å². The molecule has 3 rings (SSSR count). The van der Waals surface area contributed by atoms with Crippen LogP contribution in [0.2, 0.25) is 0 Å². The molecule has 0 fully saturated rings. The van der Waals surface area contributed by atoms with Crippen LogP contribution in [0.15, 0.2) is 72.8 Å². The van der Waals surface area contributed by atoms with Crippen LogP contribution in [0.3, 0.4) is 0 Å². The summed E-state index contributed by atoms with van der Waals surface area (Å²) in [5.74, 6) is 1.96. The van der Waals surface area contributed by atoms with Gasteiger partial charge in [-0.25, -0.2) is 0 Å². The second-order valence-electron chi connectivity index (χ2n) is 9.15. The zero-order chi connectivity index (χ0) is 22.7. The lowest BCUT2D eigenvalue weighted by Gasteiger charge is -2.07. The first-order chi connectivity index (χ1) is 14.1. The van der Waals surface area contributed by atoms with Crippen LogP contribution in [0.4, 0.5) is 0 Å². The van der Waals surface area contributed by atoms with Gasteiger partial charge in [-0.3, -0.25) is 0 Å². The van der Waals surface area contributed by atoms with Gasteiger partial charge in [0.05, 0.1) is 0 Å². The third kappa shape index (κ3) is 11.9. The topological polar surface area (TPSA) is 0 Å². The third-order valence-electron chi connectivity index (χ3n) is 5.26. The van der Waals surface area contributed by atoms with Crippen LogP contribution >= 0.6 is 0 Å². The molecule has 178 valence electrons. The number of aryl methyl sites for hydroxylation is 3. The Kier molecular flexibility index (Phi) is 16.2. The summed E-state index contributed by atoms with van der Waals surface area (Å²) in [5, 5.41) is 0. The van der Waals surface area contributed by atoms with Gasteiger partial charge in [0.25, 0.3) is 0 Å². The van der Waals surface area contributed by atoms with E-state index < -0.39 is 0 Å². The average molecular weight is 435 g/mol. The average Bonchev–Trinajstić information content (AvgIpc) is 2.69. The molecule has 0 aliphatic rings. The van der Waals surface area contributed by atoms with Crippen molar-refractivity contribution >= 4 is 0 Å². The summed E-state index contributed by atoms with van der Waals surface area (Å²) in [6, 6.07) is 25.9. The molecule has 0 amide bonds. The first kappa shape index (κ1) is 31.8. The van der Waals surface area contributed by atoms with Gasteiger partial charge in [-0.05, 0) is 60.8 Å². The molecule has 0 bridgehead atoms. The number of rotatable bonds is 3. The Morgan fingerprint density at radius 2 is 1.00 bits per heavy atom. The molecule has 0 saturated carbocycles. The molecule has 0 nitrogen and oxygen atoms in total. The fourth-order valence-corrected chi connectivity index (χ4v) is 3.22. The van der Waals surface area contributed by atoms with Crippen molar-refractivity contribution in [3.63, 3.8) is 0 Å². The van der Waals surface area contributed by atoms with Crippen molar-refractivity contribution in [2.45, 2.75) is 94.9 Å². The second kappa shape index (κ2) is 16.3. The van der Waals surface area contributed by atoms with Gasteiger partial charge in [0.15, 0.2) is 0 Å². The highest BCUT2D eigenvalue weighted by atomic mass is 14.0. The first-order valence-corrected chi connectivity index (χ1v) is 11.3. The summed E-state index contributed by atoms with van der Waals surface area (Å²) in [5.41, 5.74) is 8.40. The standard InChI is InChI=1S/3C10H14.2CH4/c1-8(2)10-6-4-9(3)5-7-10;1-8(2)10-6-4-5-9(3)7-10;1-8(2)10-7-5-4-6-9(10)3;;/h3*4-8H,1-3H3;2*1H4. The van der Waals surface area contributed by atoms with E-state index in [4.69, 9.17) is 0 Å². The maximum Gasteiger partial charge on any atom is -0.0216 e. The van der Waals surface area contributed by atoms with Crippen molar-refractivity contribution in [3.05, 3.63) is 106 Å². The summed E-state index contributed by atoms with van der Waals surface area (Å²) < 4.78 is 0. The van der Waals surface area contributed by atoms with E-state index in [0.29, 0.717) is 17.8 Å². The molecule has 0 aliphatic carbocycles. The Balaban J connectivity index is 0. The smallest absolute Gasteiger partial charge is 0.0216 e. The first-order valence-electron chi connectivity index (χ1n) is 11.3. The van der Waals surface area contributed by atoms with E-state index in [0.717, 1.165) is 0 Å². The Bertz CT molecular complexity index is 851. The van der Waals surface area contributed by atoms with E-state index >= 15 is 0 Å². The molecule has 0 heteroatoms. The highest BCUT2D eigenvalue weighted by molar-refractivity contribution is 5.28. The van der Waals surface area contributed by atoms with Crippen molar-refractivity contribution in [1.29, 1.82) is 0 Å². The SMILES string of the molecule is C.C.Cc1ccc(C(C)C)cc1.Cc1cccc(C(C)C)c1.Cc1ccccc1C(C)C. The van der Waals surface area contributed by atoms with Gasteiger partial charge < -0.3 is 0 Å². The van der Waals surface area contributed by atoms with Gasteiger partial charge in [-0.2, -0.15) is 0 Å². The normalized spacial score (nSPS) is 9.75. The molecule has 0 aliphatic heterocycles. The lowest BCUT2D eigenvalue weighted by molar-refractivity contribution is 0.856. The molecule has 0 radical (unpaired) electrons. The summed E-state index contributed by atoms with van der Waals surface area (Å²) in [6.45, 7) is 19.7. The molecule has 0 heterocycles. The summed E-state index contributed by atoms with van der Waals surface area (Å²) in [7, 11) is 0. The molecular weight excluding hydrogens is 384 g/mol. The van der Waals surface area contributed by atoms with Gasteiger partial charge in [0, 0.05) is 0 Å². The quantitative estimate of drug-likeness (QED) is 0.384. The number of benzene rings is 3. The molecule has 3 aromatic rings. The van der Waals surface area contributed by atoms with Gasteiger partial charge in [-0.1, -0.05) is 140 Å². The molecule has 32 heavy (non-hydrogen) atoms. The van der Waals surface area contributed by atoms with Crippen LogP contribution in [0.25, 0.3) is 0 Å². The van der Waals surface area contributed by atoms with Crippen LogP contribution < -0.4 is 0 Å². The molecule has 0 atom stereocenters. The van der Waals surface area contributed by atoms with E-state index in [1.807, 2.05) is 0 Å². The van der Waals surface area contributed by atoms with Crippen LogP contribution in [-0.2, 0) is 0 Å². The maximum atomic E-state index is 2.24. The van der Waals surface area contributed by atoms with Crippen LogP contribution in [0.5, 0.6) is 0 Å². The molecule has 0 unspecified atom stereocenters. The van der Waals surface area contributed by atoms with Crippen molar-refractivity contribution in [3.8, 4) is 0 Å². The summed E-state index contributed by atoms with van der Waals surface area (Å²) in [6.07, 6.45) is 0. The lowest BCUT2D eigenvalue weighted by Crippen LogP contribution is -1.89. The Labute approximate surface area is 201 Å². The maximum absolute atomic E-state index is 2.24. The molecule has 0 spiro atoms. The highest BCUT2D eigenvalue weighted by Crippen LogP contribution is 2.17. The molecular formula is C32H50. The van der Waals surface area contributed by atoms with Gasteiger partial charge in [0.1, 0.15) is 0 Å². The minimum Gasteiger partial charge on any atom is -0.0776 e. The largest absolute Gasteiger partial charge is 0.0776 e. The van der Waals surface area contributed by atoms with Gasteiger partial charge >= 0.3 is 0 Å². The fourth-order valence-electron chi connectivity index (χ4n) is 3.22. The summed E-state index contributed by atoms with van der Waals surface area (Å²) in [4.78, 5) is 0. The second-order valence-corrected chi connectivity index (χ2v) is 9.15. The van der Waals surface area contributed by atoms with Crippen LogP contribution in [0, 0.1) is 20.8 Å². The highest BCUT2D eigenvalue weighted by Gasteiger charge is 1.99. The van der Waals surface area contributed by atoms with E-state index in [1.54, 1.807) is 0 Å². The predicted octanol–water partition coefficient (Wildman–Crippen LogP) is 10.6. The molecule has 0 saturated heterocycles. The Hall–Kier alpha value is -2.34. The molecule has 0 N–H and O–H groups in total. The zero-order valence-electron chi connectivity index (χ0n) is 20.7. The minimum atomic E-state index is 0. The molecule has 3 aromatic carbocycles. The number of hydrogen-bond donors (Lipinski definition) is 0. The lowest BCUT2D eigenvalue weighted by atomic mass is 9.99. The van der Waals surface area contributed by atoms with Crippen molar-refractivity contribution < 1.29 is 0 Å².